The van der Waals surface area contributed by atoms with Crippen LogP contribution in [0, 0.1) is 0 Å². The summed E-state index contributed by atoms with van der Waals surface area (Å²) in [5.74, 6) is -2.78. The van der Waals surface area contributed by atoms with E-state index >= 15 is 0 Å². The maximum atomic E-state index is 12.0. The average molecular weight is 360 g/mol. The van der Waals surface area contributed by atoms with Crippen LogP contribution in [0.3, 0.4) is 0 Å². The topological polar surface area (TPSA) is 92.3 Å². The summed E-state index contributed by atoms with van der Waals surface area (Å²) in [6.45, 7) is 1.77. The highest BCUT2D eigenvalue weighted by atomic mass is 32.2. The Kier molecular flexibility index (Phi) is 6.30. The van der Waals surface area contributed by atoms with Crippen LogP contribution in [-0.2, 0) is 19.4 Å². The zero-order valence-corrected chi connectivity index (χ0v) is 14.6. The fraction of sp³-hybridized carbons (Fsp3) is 0.222. The number of sulfone groups is 1. The largest absolute Gasteiger partial charge is 0.349 e. The van der Waals surface area contributed by atoms with Crippen LogP contribution in [0.15, 0.2) is 60.7 Å². The minimum absolute atomic E-state index is 0.318. The Morgan fingerprint density at radius 1 is 0.880 bits per heavy atom. The zero-order chi connectivity index (χ0) is 18.3. The van der Waals surface area contributed by atoms with Gasteiger partial charge >= 0.3 is 0 Å². The maximum Gasteiger partial charge on any atom is 0.239 e. The smallest absolute Gasteiger partial charge is 0.239 e. The molecule has 1 atom stereocenters. The number of hydrogen-bond donors (Lipinski definition) is 2. The van der Waals surface area contributed by atoms with Gasteiger partial charge in [-0.05, 0) is 24.6 Å². The maximum absolute atomic E-state index is 12.0. The van der Waals surface area contributed by atoms with Gasteiger partial charge in [0.2, 0.25) is 11.8 Å². The Hall–Kier alpha value is -2.67. The van der Waals surface area contributed by atoms with Crippen molar-refractivity contribution in [2.24, 2.45) is 0 Å². The van der Waals surface area contributed by atoms with Crippen LogP contribution in [0.2, 0.25) is 0 Å². The van der Waals surface area contributed by atoms with Crippen molar-refractivity contribution in [1.29, 1.82) is 0 Å². The molecule has 0 aliphatic heterocycles. The molecule has 2 N–H and O–H groups in total. The molecule has 0 fully saturated rings. The lowest BCUT2D eigenvalue weighted by Crippen LogP contribution is -2.35. The molecule has 0 saturated carbocycles. The number of amides is 2. The highest BCUT2D eigenvalue weighted by molar-refractivity contribution is 7.92. The van der Waals surface area contributed by atoms with Crippen molar-refractivity contribution in [3.8, 4) is 0 Å². The van der Waals surface area contributed by atoms with E-state index in [2.05, 4.69) is 10.6 Å². The Balaban J connectivity index is 1.87. The fourth-order valence-corrected chi connectivity index (χ4v) is 3.33. The number of carbonyl (C=O) groups is 2. The molecule has 0 bridgehead atoms. The molecule has 1 unspecified atom stereocenters. The molecule has 6 nitrogen and oxygen atoms in total. The second kappa shape index (κ2) is 8.43. The molecule has 2 rings (SSSR count). The first kappa shape index (κ1) is 18.7. The summed E-state index contributed by atoms with van der Waals surface area (Å²) in [6.07, 6.45) is 0. The van der Waals surface area contributed by atoms with Gasteiger partial charge in [-0.3, -0.25) is 9.59 Å². The fourth-order valence-electron chi connectivity index (χ4n) is 2.28. The normalized spacial score (nSPS) is 12.2. The van der Waals surface area contributed by atoms with Crippen LogP contribution in [0.5, 0.6) is 0 Å². The molecule has 0 aliphatic rings. The molecular weight excluding hydrogens is 340 g/mol. The third kappa shape index (κ3) is 6.39. The standard InChI is InChI=1S/C18H20N2O4S/c1-14(15-8-4-2-5-9-15)19-17(21)12-25(23,24)13-18(22)20-16-10-6-3-7-11-16/h2-11,14H,12-13H2,1H3,(H,19,21)(H,20,22). The van der Waals surface area contributed by atoms with Gasteiger partial charge in [0.15, 0.2) is 9.84 Å². The van der Waals surface area contributed by atoms with E-state index in [9.17, 15) is 18.0 Å². The van der Waals surface area contributed by atoms with Crippen molar-refractivity contribution in [3.63, 3.8) is 0 Å². The molecule has 0 aliphatic carbocycles. The first-order valence-electron chi connectivity index (χ1n) is 7.75. The molecule has 0 radical (unpaired) electrons. The molecule has 7 heteroatoms. The first-order chi connectivity index (χ1) is 11.9. The Labute approximate surface area is 147 Å². The number of carbonyl (C=O) groups excluding carboxylic acids is 2. The van der Waals surface area contributed by atoms with Gasteiger partial charge in [-0.15, -0.1) is 0 Å². The lowest BCUT2D eigenvalue weighted by Gasteiger charge is -2.14. The Morgan fingerprint density at radius 2 is 1.40 bits per heavy atom. The minimum Gasteiger partial charge on any atom is -0.349 e. The number of hydrogen-bond acceptors (Lipinski definition) is 4. The Morgan fingerprint density at radius 3 is 2.00 bits per heavy atom. The predicted octanol–water partition coefficient (Wildman–Crippen LogP) is 1.92. The van der Waals surface area contributed by atoms with E-state index in [0.717, 1.165) is 5.56 Å². The summed E-state index contributed by atoms with van der Waals surface area (Å²) in [5.41, 5.74) is 1.37. The summed E-state index contributed by atoms with van der Waals surface area (Å²) < 4.78 is 24.1. The summed E-state index contributed by atoms with van der Waals surface area (Å²) >= 11 is 0. The van der Waals surface area contributed by atoms with E-state index in [-0.39, 0.29) is 6.04 Å². The number of benzene rings is 2. The van der Waals surface area contributed by atoms with Crippen LogP contribution in [-0.4, -0.2) is 31.7 Å². The summed E-state index contributed by atoms with van der Waals surface area (Å²) in [7, 11) is -3.85. The van der Waals surface area contributed by atoms with Gasteiger partial charge in [-0.1, -0.05) is 48.5 Å². The molecule has 0 saturated heterocycles. The van der Waals surface area contributed by atoms with Gasteiger partial charge in [-0.2, -0.15) is 0 Å². The molecule has 2 aromatic carbocycles. The van der Waals surface area contributed by atoms with Crippen LogP contribution in [0.25, 0.3) is 0 Å². The quantitative estimate of drug-likeness (QED) is 0.789. The van der Waals surface area contributed by atoms with Crippen molar-refractivity contribution in [3.05, 3.63) is 66.2 Å². The summed E-state index contributed by atoms with van der Waals surface area (Å²) in [6, 6.07) is 17.4. The summed E-state index contributed by atoms with van der Waals surface area (Å²) in [4.78, 5) is 23.8. The van der Waals surface area contributed by atoms with Gasteiger partial charge in [0.1, 0.15) is 11.5 Å². The molecular formula is C18H20N2O4S. The summed E-state index contributed by atoms with van der Waals surface area (Å²) in [5, 5.41) is 5.11. The number of para-hydroxylation sites is 1. The molecule has 2 amide bonds. The van der Waals surface area contributed by atoms with Crippen molar-refractivity contribution >= 4 is 27.3 Å². The van der Waals surface area contributed by atoms with E-state index in [1.807, 2.05) is 30.3 Å². The van der Waals surface area contributed by atoms with Gasteiger partial charge in [0, 0.05) is 5.69 Å². The van der Waals surface area contributed by atoms with Crippen LogP contribution < -0.4 is 10.6 Å². The van der Waals surface area contributed by atoms with Crippen LogP contribution >= 0.6 is 0 Å². The zero-order valence-electron chi connectivity index (χ0n) is 13.8. The van der Waals surface area contributed by atoms with Crippen molar-refractivity contribution in [2.75, 3.05) is 16.8 Å². The highest BCUT2D eigenvalue weighted by Gasteiger charge is 2.22. The monoisotopic (exact) mass is 360 g/mol. The highest BCUT2D eigenvalue weighted by Crippen LogP contribution is 2.11. The third-order valence-corrected chi connectivity index (χ3v) is 4.84. The first-order valence-corrected chi connectivity index (χ1v) is 9.57. The van der Waals surface area contributed by atoms with E-state index in [1.165, 1.54) is 0 Å². The van der Waals surface area contributed by atoms with E-state index in [4.69, 9.17) is 0 Å². The molecule has 25 heavy (non-hydrogen) atoms. The van der Waals surface area contributed by atoms with E-state index in [1.54, 1.807) is 37.3 Å². The predicted molar refractivity (Wildman–Crippen MR) is 96.7 cm³/mol. The van der Waals surface area contributed by atoms with Gasteiger partial charge < -0.3 is 10.6 Å². The average Bonchev–Trinajstić information content (AvgIpc) is 2.55. The molecule has 0 aromatic heterocycles. The van der Waals surface area contributed by atoms with Crippen molar-refractivity contribution < 1.29 is 18.0 Å². The lowest BCUT2D eigenvalue weighted by molar-refractivity contribution is -0.119. The minimum atomic E-state index is -3.85. The van der Waals surface area contributed by atoms with Gasteiger partial charge in [0.05, 0.1) is 6.04 Å². The molecule has 2 aromatic rings. The van der Waals surface area contributed by atoms with Crippen LogP contribution in [0.4, 0.5) is 5.69 Å². The van der Waals surface area contributed by atoms with Gasteiger partial charge in [-0.25, -0.2) is 8.42 Å². The van der Waals surface area contributed by atoms with Gasteiger partial charge in [0.25, 0.3) is 0 Å². The molecule has 0 spiro atoms. The second-order valence-corrected chi connectivity index (χ2v) is 7.71. The van der Waals surface area contributed by atoms with Crippen molar-refractivity contribution in [1.82, 2.24) is 5.32 Å². The Bertz CT molecular complexity index is 821. The van der Waals surface area contributed by atoms with E-state index < -0.39 is 33.2 Å². The molecule has 132 valence electrons. The third-order valence-electron chi connectivity index (χ3n) is 3.44. The second-order valence-electron chi connectivity index (χ2n) is 5.65. The van der Waals surface area contributed by atoms with Crippen molar-refractivity contribution in [2.45, 2.75) is 13.0 Å². The number of anilines is 1. The number of nitrogens with one attached hydrogen (secondary N) is 2. The SMILES string of the molecule is CC(NC(=O)CS(=O)(=O)CC(=O)Nc1ccccc1)c1ccccc1. The molecule has 0 heterocycles. The lowest BCUT2D eigenvalue weighted by atomic mass is 10.1. The van der Waals surface area contributed by atoms with Crippen LogP contribution in [0.1, 0.15) is 18.5 Å². The number of rotatable bonds is 7. The van der Waals surface area contributed by atoms with E-state index in [0.29, 0.717) is 5.69 Å².